The normalized spacial score (nSPS) is 16.7. The number of pyridine rings is 1. The molecule has 1 saturated heterocycles. The fourth-order valence-corrected chi connectivity index (χ4v) is 3.67. The largest absolute Gasteiger partial charge is 0.497 e. The molecule has 1 atom stereocenters. The molecule has 0 saturated carbocycles. The minimum Gasteiger partial charge on any atom is -0.497 e. The number of methoxy groups -OCH3 is 1. The van der Waals surface area contributed by atoms with Crippen LogP contribution in [-0.4, -0.2) is 45.3 Å². The predicted octanol–water partition coefficient (Wildman–Crippen LogP) is 2.94. The summed E-state index contributed by atoms with van der Waals surface area (Å²) in [5.74, 6) is 0.844. The minimum absolute atomic E-state index is 0.0161. The van der Waals surface area contributed by atoms with Gasteiger partial charge >= 0.3 is 0 Å². The van der Waals surface area contributed by atoms with Crippen molar-refractivity contribution in [1.29, 1.82) is 0 Å². The number of nitrogens with one attached hydrogen (secondary N) is 1. The Morgan fingerprint density at radius 1 is 1.21 bits per heavy atom. The zero-order valence-electron chi connectivity index (χ0n) is 16.5. The van der Waals surface area contributed by atoms with Crippen LogP contribution in [0.1, 0.15) is 24.1 Å². The van der Waals surface area contributed by atoms with Gasteiger partial charge in [0.15, 0.2) is 0 Å². The van der Waals surface area contributed by atoms with Crippen LogP contribution < -0.4 is 10.1 Å². The first-order valence-corrected chi connectivity index (χ1v) is 9.81. The van der Waals surface area contributed by atoms with Gasteiger partial charge in [0.05, 0.1) is 37.3 Å². The monoisotopic (exact) mass is 391 g/mol. The highest BCUT2D eigenvalue weighted by molar-refractivity contribution is 5.94. The molecule has 1 aliphatic rings. The minimum atomic E-state index is -0.137. The van der Waals surface area contributed by atoms with Gasteiger partial charge in [-0.2, -0.15) is 5.10 Å². The highest BCUT2D eigenvalue weighted by atomic mass is 16.5. The molecule has 1 N–H and O–H groups in total. The van der Waals surface area contributed by atoms with Crippen molar-refractivity contribution in [2.75, 3.05) is 19.0 Å². The molecule has 7 heteroatoms. The summed E-state index contributed by atoms with van der Waals surface area (Å²) < 4.78 is 7.00. The number of rotatable bonds is 7. The van der Waals surface area contributed by atoms with Crippen molar-refractivity contribution in [3.8, 4) is 5.75 Å². The Kier molecular flexibility index (Phi) is 5.86. The van der Waals surface area contributed by atoms with Gasteiger partial charge in [-0.25, -0.2) is 0 Å². The maximum Gasteiger partial charge on any atom is 0.241 e. The predicted molar refractivity (Wildman–Crippen MR) is 111 cm³/mol. The van der Waals surface area contributed by atoms with Crippen LogP contribution >= 0.6 is 0 Å². The molecule has 4 rings (SSSR count). The molecule has 7 nitrogen and oxygen atoms in total. The van der Waals surface area contributed by atoms with Crippen molar-refractivity contribution in [2.45, 2.75) is 32.0 Å². The Balaban J connectivity index is 1.35. The van der Waals surface area contributed by atoms with Crippen molar-refractivity contribution in [2.24, 2.45) is 0 Å². The van der Waals surface area contributed by atoms with Crippen molar-refractivity contribution in [3.05, 3.63) is 72.3 Å². The number of likely N-dealkylation sites (tertiary alicyclic amines) is 1. The van der Waals surface area contributed by atoms with E-state index in [2.05, 4.69) is 20.3 Å². The number of nitrogens with zero attached hydrogens (tertiary/aromatic N) is 4. The van der Waals surface area contributed by atoms with Gasteiger partial charge in [-0.3, -0.25) is 19.4 Å². The van der Waals surface area contributed by atoms with Crippen LogP contribution in [0.5, 0.6) is 5.75 Å². The Hall–Kier alpha value is -3.19. The molecule has 0 spiro atoms. The van der Waals surface area contributed by atoms with E-state index in [0.717, 1.165) is 36.4 Å². The quantitative estimate of drug-likeness (QED) is 0.670. The summed E-state index contributed by atoms with van der Waals surface area (Å²) >= 11 is 0. The van der Waals surface area contributed by atoms with E-state index in [1.165, 1.54) is 0 Å². The molecule has 1 amide bonds. The topological polar surface area (TPSA) is 72.3 Å². The molecule has 1 aromatic carbocycles. The number of anilines is 1. The van der Waals surface area contributed by atoms with E-state index in [-0.39, 0.29) is 11.9 Å². The average molecular weight is 391 g/mol. The smallest absolute Gasteiger partial charge is 0.241 e. The summed E-state index contributed by atoms with van der Waals surface area (Å²) in [5.41, 5.74) is 2.82. The van der Waals surface area contributed by atoms with E-state index in [1.54, 1.807) is 19.5 Å². The summed E-state index contributed by atoms with van der Waals surface area (Å²) in [6.07, 6.45) is 7.22. The SMILES string of the molecule is COc1ccc(Cn2cc(NC(=O)C3CCCN3Cc3ccccn3)cn2)cc1. The highest BCUT2D eigenvalue weighted by Gasteiger charge is 2.31. The lowest BCUT2D eigenvalue weighted by molar-refractivity contribution is -0.120. The van der Waals surface area contributed by atoms with Crippen LogP contribution in [0.15, 0.2) is 61.1 Å². The Morgan fingerprint density at radius 2 is 2.07 bits per heavy atom. The number of benzene rings is 1. The first-order chi connectivity index (χ1) is 14.2. The third-order valence-electron chi connectivity index (χ3n) is 5.16. The van der Waals surface area contributed by atoms with Gasteiger partial charge in [0, 0.05) is 18.9 Å². The number of aromatic nitrogens is 3. The summed E-state index contributed by atoms with van der Waals surface area (Å²) in [4.78, 5) is 19.4. The van der Waals surface area contributed by atoms with E-state index in [9.17, 15) is 4.79 Å². The molecule has 1 unspecified atom stereocenters. The van der Waals surface area contributed by atoms with Crippen LogP contribution in [0, 0.1) is 0 Å². The van der Waals surface area contributed by atoms with Crippen LogP contribution in [0.3, 0.4) is 0 Å². The van der Waals surface area contributed by atoms with Gasteiger partial charge in [0.2, 0.25) is 5.91 Å². The zero-order chi connectivity index (χ0) is 20.1. The Morgan fingerprint density at radius 3 is 2.83 bits per heavy atom. The number of carbonyl (C=O) groups is 1. The second kappa shape index (κ2) is 8.87. The van der Waals surface area contributed by atoms with Crippen molar-refractivity contribution in [3.63, 3.8) is 0 Å². The molecule has 0 radical (unpaired) electrons. The summed E-state index contributed by atoms with van der Waals surface area (Å²) in [6.45, 7) is 2.23. The maximum atomic E-state index is 12.8. The lowest BCUT2D eigenvalue weighted by Crippen LogP contribution is -2.39. The van der Waals surface area contributed by atoms with Gasteiger partial charge in [0.1, 0.15) is 5.75 Å². The molecule has 3 aromatic rings. The molecule has 1 fully saturated rings. The lowest BCUT2D eigenvalue weighted by Gasteiger charge is -2.22. The van der Waals surface area contributed by atoms with E-state index in [0.29, 0.717) is 18.8 Å². The van der Waals surface area contributed by atoms with Gasteiger partial charge in [-0.1, -0.05) is 18.2 Å². The Labute approximate surface area is 170 Å². The number of ether oxygens (including phenoxy) is 1. The van der Waals surface area contributed by atoms with Crippen LogP contribution in [0.2, 0.25) is 0 Å². The summed E-state index contributed by atoms with van der Waals surface area (Å²) in [5, 5.41) is 7.39. The number of amides is 1. The zero-order valence-corrected chi connectivity index (χ0v) is 16.5. The highest BCUT2D eigenvalue weighted by Crippen LogP contribution is 2.21. The van der Waals surface area contributed by atoms with Gasteiger partial charge in [0.25, 0.3) is 0 Å². The summed E-state index contributed by atoms with van der Waals surface area (Å²) in [7, 11) is 1.65. The standard InChI is InChI=1S/C22H25N5O2/c1-29-20-9-7-17(8-10-20)14-27-16-19(13-24-27)25-22(28)21-6-4-12-26(21)15-18-5-2-3-11-23-18/h2-3,5,7-11,13,16,21H,4,6,12,14-15H2,1H3,(H,25,28). The fourth-order valence-electron chi connectivity index (χ4n) is 3.67. The molecule has 0 bridgehead atoms. The van der Waals surface area contributed by atoms with Crippen LogP contribution in [0.4, 0.5) is 5.69 Å². The van der Waals surface area contributed by atoms with Crippen molar-refractivity contribution >= 4 is 11.6 Å². The molecule has 3 heterocycles. The number of carbonyl (C=O) groups excluding carboxylic acids is 1. The molecule has 1 aliphatic heterocycles. The number of hydrogen-bond donors (Lipinski definition) is 1. The molecule has 29 heavy (non-hydrogen) atoms. The third-order valence-corrected chi connectivity index (χ3v) is 5.16. The van der Waals surface area contributed by atoms with Gasteiger partial charge in [-0.05, 0) is 49.2 Å². The molecular weight excluding hydrogens is 366 g/mol. The van der Waals surface area contributed by atoms with Gasteiger partial charge < -0.3 is 10.1 Å². The second-order valence-electron chi connectivity index (χ2n) is 7.21. The second-order valence-corrected chi connectivity index (χ2v) is 7.21. The average Bonchev–Trinajstić information content (AvgIpc) is 3.39. The first-order valence-electron chi connectivity index (χ1n) is 9.81. The molecule has 150 valence electrons. The Bertz CT molecular complexity index is 939. The first kappa shape index (κ1) is 19.1. The van der Waals surface area contributed by atoms with Crippen molar-refractivity contribution in [1.82, 2.24) is 19.7 Å². The van der Waals surface area contributed by atoms with Crippen molar-refractivity contribution < 1.29 is 9.53 Å². The van der Waals surface area contributed by atoms with Crippen LogP contribution in [-0.2, 0) is 17.9 Å². The molecular formula is C22H25N5O2. The summed E-state index contributed by atoms with van der Waals surface area (Å²) in [6, 6.07) is 13.6. The lowest BCUT2D eigenvalue weighted by atomic mass is 10.2. The number of hydrogen-bond acceptors (Lipinski definition) is 5. The third kappa shape index (κ3) is 4.81. The van der Waals surface area contributed by atoms with Crippen LogP contribution in [0.25, 0.3) is 0 Å². The maximum absolute atomic E-state index is 12.8. The molecule has 2 aromatic heterocycles. The van der Waals surface area contributed by atoms with Gasteiger partial charge in [-0.15, -0.1) is 0 Å². The van der Waals surface area contributed by atoms with E-state index in [4.69, 9.17) is 4.74 Å². The molecule has 0 aliphatic carbocycles. The van der Waals surface area contributed by atoms with E-state index >= 15 is 0 Å². The van der Waals surface area contributed by atoms with E-state index < -0.39 is 0 Å². The van der Waals surface area contributed by atoms with E-state index in [1.807, 2.05) is 53.3 Å². The fraction of sp³-hybridized carbons (Fsp3) is 0.318.